The van der Waals surface area contributed by atoms with Crippen LogP contribution in [0.2, 0.25) is 0 Å². The zero-order chi connectivity index (χ0) is 18.5. The Kier molecular flexibility index (Phi) is 5.71. The van der Waals surface area contributed by atoms with Crippen LogP contribution in [-0.2, 0) is 14.4 Å². The Balaban J connectivity index is 1.38. The van der Waals surface area contributed by atoms with Crippen LogP contribution in [0.15, 0.2) is 36.4 Å². The summed E-state index contributed by atoms with van der Waals surface area (Å²) in [6.07, 6.45) is 5.27. The first kappa shape index (κ1) is 18.2. The third kappa shape index (κ3) is 4.12. The maximum atomic E-state index is 12.3. The van der Waals surface area contributed by atoms with E-state index in [-0.39, 0.29) is 42.5 Å². The number of benzene rings is 1. The third-order valence-electron chi connectivity index (χ3n) is 4.84. The van der Waals surface area contributed by atoms with Gasteiger partial charge in [0.1, 0.15) is 12.4 Å². The molecule has 1 aliphatic heterocycles. The molecule has 1 N–H and O–H groups in total. The highest BCUT2D eigenvalue weighted by Gasteiger charge is 2.46. The molecule has 0 spiro atoms. The monoisotopic (exact) mass is 356 g/mol. The molecule has 2 aliphatic rings. The SMILES string of the molecule is Cc1cccc(OCCNC(=O)CCN2C(=O)[C@H]3CC=CC[C@H]3C2=O)c1. The summed E-state index contributed by atoms with van der Waals surface area (Å²) in [4.78, 5) is 37.9. The number of allylic oxidation sites excluding steroid dienone is 2. The molecule has 0 unspecified atom stereocenters. The summed E-state index contributed by atoms with van der Waals surface area (Å²) in [7, 11) is 0. The van der Waals surface area contributed by atoms with Gasteiger partial charge in [-0.2, -0.15) is 0 Å². The zero-order valence-electron chi connectivity index (χ0n) is 14.9. The van der Waals surface area contributed by atoms with Crippen LogP contribution in [0.25, 0.3) is 0 Å². The Morgan fingerprint density at radius 2 is 1.88 bits per heavy atom. The molecule has 26 heavy (non-hydrogen) atoms. The maximum Gasteiger partial charge on any atom is 0.233 e. The molecule has 0 saturated carbocycles. The van der Waals surface area contributed by atoms with E-state index in [9.17, 15) is 14.4 Å². The zero-order valence-corrected chi connectivity index (χ0v) is 14.9. The van der Waals surface area contributed by atoms with E-state index in [0.717, 1.165) is 11.3 Å². The van der Waals surface area contributed by atoms with Crippen LogP contribution < -0.4 is 10.1 Å². The smallest absolute Gasteiger partial charge is 0.233 e. The molecule has 1 aromatic rings. The number of imide groups is 1. The number of hydrogen-bond acceptors (Lipinski definition) is 4. The lowest BCUT2D eigenvalue weighted by Gasteiger charge is -2.14. The third-order valence-corrected chi connectivity index (χ3v) is 4.84. The molecule has 3 rings (SSSR count). The molecule has 1 aromatic carbocycles. The van der Waals surface area contributed by atoms with E-state index in [2.05, 4.69) is 5.32 Å². The Labute approximate surface area is 153 Å². The number of fused-ring (bicyclic) bond motifs is 1. The summed E-state index contributed by atoms with van der Waals surface area (Å²) in [5, 5.41) is 2.76. The average molecular weight is 356 g/mol. The van der Waals surface area contributed by atoms with Crippen LogP contribution in [0.1, 0.15) is 24.8 Å². The van der Waals surface area contributed by atoms with Gasteiger partial charge in [0.15, 0.2) is 0 Å². The molecule has 6 heteroatoms. The minimum absolute atomic E-state index is 0.120. The summed E-state index contributed by atoms with van der Waals surface area (Å²) >= 11 is 0. The van der Waals surface area contributed by atoms with Crippen molar-refractivity contribution in [2.75, 3.05) is 19.7 Å². The number of likely N-dealkylation sites (tertiary alicyclic amines) is 1. The summed E-state index contributed by atoms with van der Waals surface area (Å²) < 4.78 is 5.57. The summed E-state index contributed by atoms with van der Waals surface area (Å²) in [6.45, 7) is 2.88. The van der Waals surface area contributed by atoms with Gasteiger partial charge in [-0.1, -0.05) is 24.3 Å². The minimum atomic E-state index is -0.238. The first-order valence-electron chi connectivity index (χ1n) is 9.02. The van der Waals surface area contributed by atoms with Gasteiger partial charge in [-0.15, -0.1) is 0 Å². The molecule has 0 radical (unpaired) electrons. The van der Waals surface area contributed by atoms with Crippen LogP contribution in [0.3, 0.4) is 0 Å². The van der Waals surface area contributed by atoms with Crippen molar-refractivity contribution < 1.29 is 19.1 Å². The maximum absolute atomic E-state index is 12.3. The average Bonchev–Trinajstić information content (AvgIpc) is 2.88. The molecule has 0 bridgehead atoms. The number of aryl methyl sites for hydroxylation is 1. The largest absolute Gasteiger partial charge is 0.492 e. The van der Waals surface area contributed by atoms with Crippen LogP contribution in [0.5, 0.6) is 5.75 Å². The quantitative estimate of drug-likeness (QED) is 0.459. The molecule has 1 fully saturated rings. The number of ether oxygens (including phenoxy) is 1. The van der Waals surface area contributed by atoms with Crippen molar-refractivity contribution in [2.45, 2.75) is 26.2 Å². The normalized spacial score (nSPS) is 21.7. The van der Waals surface area contributed by atoms with Gasteiger partial charge in [0.2, 0.25) is 17.7 Å². The highest BCUT2D eigenvalue weighted by Crippen LogP contribution is 2.34. The number of rotatable bonds is 7. The Morgan fingerprint density at radius 1 is 1.19 bits per heavy atom. The molecule has 1 aliphatic carbocycles. The second-order valence-electron chi connectivity index (χ2n) is 6.75. The van der Waals surface area contributed by atoms with Crippen LogP contribution in [0.4, 0.5) is 0 Å². The van der Waals surface area contributed by atoms with Gasteiger partial charge in [-0.05, 0) is 37.5 Å². The first-order valence-corrected chi connectivity index (χ1v) is 9.02. The first-order chi connectivity index (χ1) is 12.6. The number of nitrogens with zero attached hydrogens (tertiary/aromatic N) is 1. The molecule has 2 atom stereocenters. The molecule has 1 heterocycles. The number of hydrogen-bond donors (Lipinski definition) is 1. The number of amides is 3. The molecule has 3 amide bonds. The Bertz CT molecular complexity index is 702. The van der Waals surface area contributed by atoms with Crippen molar-refractivity contribution in [3.8, 4) is 5.75 Å². The highest BCUT2D eigenvalue weighted by molar-refractivity contribution is 6.05. The summed E-state index contributed by atoms with van der Waals surface area (Å²) in [5.74, 6) is -0.174. The number of nitrogens with one attached hydrogen (secondary N) is 1. The standard InChI is InChI=1S/C20H24N2O4/c1-14-5-4-6-15(13-14)26-12-10-21-18(23)9-11-22-19(24)16-7-2-3-8-17(16)20(22)25/h2-6,13,16-17H,7-12H2,1H3,(H,21,23)/t16-,17+. The van der Waals surface area contributed by atoms with Crippen molar-refractivity contribution in [3.63, 3.8) is 0 Å². The van der Waals surface area contributed by atoms with Crippen molar-refractivity contribution in [1.82, 2.24) is 10.2 Å². The van der Waals surface area contributed by atoms with Crippen molar-refractivity contribution in [2.24, 2.45) is 11.8 Å². The molecular formula is C20H24N2O4. The topological polar surface area (TPSA) is 75.7 Å². The van der Waals surface area contributed by atoms with Crippen LogP contribution >= 0.6 is 0 Å². The van der Waals surface area contributed by atoms with Crippen molar-refractivity contribution in [1.29, 1.82) is 0 Å². The van der Waals surface area contributed by atoms with E-state index in [1.807, 2.05) is 43.3 Å². The molecule has 138 valence electrons. The van der Waals surface area contributed by atoms with Gasteiger partial charge in [-0.25, -0.2) is 0 Å². The molecule has 6 nitrogen and oxygen atoms in total. The number of carbonyl (C=O) groups is 3. The summed E-state index contributed by atoms with van der Waals surface area (Å²) in [5.41, 5.74) is 1.11. The van der Waals surface area contributed by atoms with Crippen molar-refractivity contribution >= 4 is 17.7 Å². The lowest BCUT2D eigenvalue weighted by Crippen LogP contribution is -2.36. The van der Waals surface area contributed by atoms with Gasteiger partial charge in [0, 0.05) is 13.0 Å². The predicted octanol–water partition coefficient (Wildman–Crippen LogP) is 1.83. The van der Waals surface area contributed by atoms with E-state index in [4.69, 9.17) is 4.74 Å². The van der Waals surface area contributed by atoms with E-state index in [0.29, 0.717) is 26.0 Å². The van der Waals surface area contributed by atoms with Gasteiger partial charge in [-0.3, -0.25) is 19.3 Å². The molecule has 0 aromatic heterocycles. The predicted molar refractivity (Wildman–Crippen MR) is 96.4 cm³/mol. The van der Waals surface area contributed by atoms with E-state index >= 15 is 0 Å². The van der Waals surface area contributed by atoms with Crippen LogP contribution in [-0.4, -0.2) is 42.3 Å². The second kappa shape index (κ2) is 8.17. The molecular weight excluding hydrogens is 332 g/mol. The fourth-order valence-corrected chi connectivity index (χ4v) is 3.46. The van der Waals surface area contributed by atoms with E-state index < -0.39 is 0 Å². The fourth-order valence-electron chi connectivity index (χ4n) is 3.46. The van der Waals surface area contributed by atoms with Gasteiger partial charge in [0.25, 0.3) is 0 Å². The van der Waals surface area contributed by atoms with Gasteiger partial charge >= 0.3 is 0 Å². The van der Waals surface area contributed by atoms with Crippen LogP contribution in [0, 0.1) is 18.8 Å². The van der Waals surface area contributed by atoms with E-state index in [1.165, 1.54) is 4.90 Å². The lowest BCUT2D eigenvalue weighted by molar-refractivity contribution is -0.140. The van der Waals surface area contributed by atoms with Gasteiger partial charge in [0.05, 0.1) is 18.4 Å². The van der Waals surface area contributed by atoms with E-state index in [1.54, 1.807) is 0 Å². The highest BCUT2D eigenvalue weighted by atomic mass is 16.5. The Morgan fingerprint density at radius 3 is 2.54 bits per heavy atom. The summed E-state index contributed by atoms with van der Waals surface area (Å²) in [6, 6.07) is 7.71. The molecule has 1 saturated heterocycles. The lowest BCUT2D eigenvalue weighted by atomic mass is 9.85. The second-order valence-corrected chi connectivity index (χ2v) is 6.75. The fraction of sp³-hybridized carbons (Fsp3) is 0.450. The number of carbonyl (C=O) groups excluding carboxylic acids is 3. The Hall–Kier alpha value is -2.63. The van der Waals surface area contributed by atoms with Crippen molar-refractivity contribution in [3.05, 3.63) is 42.0 Å². The minimum Gasteiger partial charge on any atom is -0.492 e. The van der Waals surface area contributed by atoms with Gasteiger partial charge < -0.3 is 10.1 Å².